The maximum Gasteiger partial charge on any atom is 0.239 e. The summed E-state index contributed by atoms with van der Waals surface area (Å²) in [5, 5.41) is 0. The number of nitrogens with zero attached hydrogens (tertiary/aromatic N) is 1. The molecule has 1 saturated carbocycles. The van der Waals surface area contributed by atoms with Crippen molar-refractivity contribution < 1.29 is 13.2 Å². The number of piperidine rings is 1. The highest BCUT2D eigenvalue weighted by molar-refractivity contribution is 7.90. The van der Waals surface area contributed by atoms with E-state index in [4.69, 9.17) is 5.73 Å². The van der Waals surface area contributed by atoms with E-state index in [1.807, 2.05) is 0 Å². The lowest BCUT2D eigenvalue weighted by Gasteiger charge is -2.31. The van der Waals surface area contributed by atoms with Crippen molar-refractivity contribution in [2.45, 2.75) is 57.5 Å². The number of halogens is 1. The molecular weight excluding hydrogens is 326 g/mol. The summed E-state index contributed by atoms with van der Waals surface area (Å²) in [6.45, 7) is 3.27. The molecule has 2 aliphatic rings. The van der Waals surface area contributed by atoms with Crippen molar-refractivity contribution in [3.63, 3.8) is 0 Å². The first-order chi connectivity index (χ1) is 9.85. The third kappa shape index (κ3) is 6.02. The van der Waals surface area contributed by atoms with Crippen molar-refractivity contribution in [3.05, 3.63) is 0 Å². The van der Waals surface area contributed by atoms with Crippen LogP contribution in [0.5, 0.6) is 0 Å². The number of amides is 1. The fourth-order valence-corrected chi connectivity index (χ4v) is 4.50. The minimum atomic E-state index is -3.55. The number of carbonyl (C=O) groups excluding carboxylic acids is 1. The SMILES string of the molecule is CC1CCC(NS(=O)(=O)CC(=O)N2CCCC(N)C2)CC1.Cl. The Morgan fingerprint density at radius 2 is 1.86 bits per heavy atom. The van der Waals surface area contributed by atoms with Crippen LogP contribution in [0.1, 0.15) is 45.4 Å². The van der Waals surface area contributed by atoms with Crippen LogP contribution in [-0.4, -0.2) is 50.2 Å². The predicted octanol–water partition coefficient (Wildman–Crippen LogP) is 0.856. The van der Waals surface area contributed by atoms with Gasteiger partial charge in [-0.1, -0.05) is 6.92 Å². The molecular formula is C14H28ClN3O3S. The van der Waals surface area contributed by atoms with E-state index >= 15 is 0 Å². The van der Waals surface area contributed by atoms with Crippen molar-refractivity contribution in [2.75, 3.05) is 18.8 Å². The van der Waals surface area contributed by atoms with Crippen LogP contribution in [0, 0.1) is 5.92 Å². The van der Waals surface area contributed by atoms with Crippen molar-refractivity contribution in [1.82, 2.24) is 9.62 Å². The van der Waals surface area contributed by atoms with Crippen molar-refractivity contribution >= 4 is 28.3 Å². The highest BCUT2D eigenvalue weighted by Gasteiger charge is 2.28. The monoisotopic (exact) mass is 353 g/mol. The lowest BCUT2D eigenvalue weighted by atomic mass is 9.88. The molecule has 0 radical (unpaired) electrons. The van der Waals surface area contributed by atoms with Crippen molar-refractivity contribution in [2.24, 2.45) is 11.7 Å². The van der Waals surface area contributed by atoms with Gasteiger partial charge in [-0.15, -0.1) is 12.4 Å². The summed E-state index contributed by atoms with van der Waals surface area (Å²) in [4.78, 5) is 13.7. The topological polar surface area (TPSA) is 92.5 Å². The van der Waals surface area contributed by atoms with Gasteiger partial charge in [0.05, 0.1) is 0 Å². The molecule has 1 amide bonds. The molecule has 0 aromatic carbocycles. The van der Waals surface area contributed by atoms with E-state index in [9.17, 15) is 13.2 Å². The van der Waals surface area contributed by atoms with E-state index in [-0.39, 0.29) is 30.4 Å². The van der Waals surface area contributed by atoms with Gasteiger partial charge < -0.3 is 10.6 Å². The maximum absolute atomic E-state index is 12.1. The first kappa shape index (κ1) is 19.7. The van der Waals surface area contributed by atoms with Gasteiger partial charge >= 0.3 is 0 Å². The Morgan fingerprint density at radius 3 is 2.45 bits per heavy atom. The fraction of sp³-hybridized carbons (Fsp3) is 0.929. The minimum absolute atomic E-state index is 0. The van der Waals surface area contributed by atoms with Gasteiger partial charge in [0.1, 0.15) is 5.75 Å². The summed E-state index contributed by atoms with van der Waals surface area (Å²) >= 11 is 0. The Labute approximate surface area is 139 Å². The number of likely N-dealkylation sites (tertiary alicyclic amines) is 1. The van der Waals surface area contributed by atoms with E-state index in [1.54, 1.807) is 4.90 Å². The molecule has 1 aliphatic carbocycles. The van der Waals surface area contributed by atoms with Gasteiger partial charge in [0.15, 0.2) is 0 Å². The van der Waals surface area contributed by atoms with Gasteiger partial charge in [-0.25, -0.2) is 13.1 Å². The van der Waals surface area contributed by atoms with E-state index < -0.39 is 15.8 Å². The lowest BCUT2D eigenvalue weighted by molar-refractivity contribution is -0.129. The number of carbonyl (C=O) groups is 1. The highest BCUT2D eigenvalue weighted by atomic mass is 35.5. The molecule has 0 spiro atoms. The third-order valence-electron chi connectivity index (χ3n) is 4.49. The first-order valence-corrected chi connectivity index (χ1v) is 9.54. The van der Waals surface area contributed by atoms with Crippen LogP contribution < -0.4 is 10.5 Å². The molecule has 2 fully saturated rings. The zero-order chi connectivity index (χ0) is 15.5. The Kier molecular flexibility index (Phi) is 7.58. The number of hydrogen-bond donors (Lipinski definition) is 2. The summed E-state index contributed by atoms with van der Waals surface area (Å²) in [5.41, 5.74) is 5.83. The Morgan fingerprint density at radius 1 is 1.23 bits per heavy atom. The second-order valence-electron chi connectivity index (χ2n) is 6.58. The minimum Gasteiger partial charge on any atom is -0.340 e. The Balaban J connectivity index is 0.00000242. The molecule has 22 heavy (non-hydrogen) atoms. The molecule has 1 aliphatic heterocycles. The van der Waals surface area contributed by atoms with Crippen molar-refractivity contribution in [1.29, 1.82) is 0 Å². The summed E-state index contributed by atoms with van der Waals surface area (Å²) in [6.07, 6.45) is 5.56. The van der Waals surface area contributed by atoms with E-state index in [0.717, 1.165) is 38.5 Å². The molecule has 1 heterocycles. The average Bonchev–Trinajstić information content (AvgIpc) is 2.40. The number of rotatable bonds is 4. The van der Waals surface area contributed by atoms with Crippen molar-refractivity contribution in [3.8, 4) is 0 Å². The van der Waals surface area contributed by atoms with Crippen LogP contribution in [-0.2, 0) is 14.8 Å². The van der Waals surface area contributed by atoms with Crippen LogP contribution in [0.4, 0.5) is 0 Å². The predicted molar refractivity (Wildman–Crippen MR) is 89.4 cm³/mol. The molecule has 8 heteroatoms. The van der Waals surface area contributed by atoms with Gasteiger partial charge in [-0.3, -0.25) is 4.79 Å². The molecule has 1 unspecified atom stereocenters. The smallest absolute Gasteiger partial charge is 0.239 e. The molecule has 0 aromatic rings. The second-order valence-corrected chi connectivity index (χ2v) is 8.33. The Bertz CT molecular complexity index is 464. The lowest BCUT2D eigenvalue weighted by Crippen LogP contribution is -2.49. The molecule has 130 valence electrons. The summed E-state index contributed by atoms with van der Waals surface area (Å²) < 4.78 is 26.9. The first-order valence-electron chi connectivity index (χ1n) is 7.89. The fourth-order valence-electron chi connectivity index (χ4n) is 3.16. The average molecular weight is 354 g/mol. The summed E-state index contributed by atoms with van der Waals surface area (Å²) in [5.74, 6) is -0.116. The van der Waals surface area contributed by atoms with Crippen LogP contribution >= 0.6 is 12.4 Å². The van der Waals surface area contributed by atoms with Gasteiger partial charge in [0.2, 0.25) is 15.9 Å². The van der Waals surface area contributed by atoms with Crippen LogP contribution in [0.2, 0.25) is 0 Å². The Hall–Kier alpha value is -0.370. The molecule has 1 saturated heterocycles. The highest BCUT2D eigenvalue weighted by Crippen LogP contribution is 2.23. The zero-order valence-corrected chi connectivity index (χ0v) is 14.8. The number of hydrogen-bond acceptors (Lipinski definition) is 4. The molecule has 0 bridgehead atoms. The number of nitrogens with one attached hydrogen (secondary N) is 1. The third-order valence-corrected chi connectivity index (χ3v) is 5.81. The van der Waals surface area contributed by atoms with E-state index in [1.165, 1.54) is 0 Å². The van der Waals surface area contributed by atoms with Gasteiger partial charge in [0, 0.05) is 25.2 Å². The molecule has 2 rings (SSSR count). The van der Waals surface area contributed by atoms with E-state index in [0.29, 0.717) is 19.0 Å². The number of sulfonamides is 1. The largest absolute Gasteiger partial charge is 0.340 e. The molecule has 1 atom stereocenters. The zero-order valence-electron chi connectivity index (χ0n) is 13.2. The maximum atomic E-state index is 12.1. The van der Waals surface area contributed by atoms with E-state index in [2.05, 4.69) is 11.6 Å². The van der Waals surface area contributed by atoms with Crippen LogP contribution in [0.15, 0.2) is 0 Å². The molecule has 6 nitrogen and oxygen atoms in total. The van der Waals surface area contributed by atoms with Gasteiger partial charge in [0.25, 0.3) is 0 Å². The number of nitrogens with two attached hydrogens (primary N) is 1. The summed E-state index contributed by atoms with van der Waals surface area (Å²) in [7, 11) is -3.55. The summed E-state index contributed by atoms with van der Waals surface area (Å²) in [6, 6.07) is -0.0409. The normalized spacial score (nSPS) is 29.7. The molecule has 0 aromatic heterocycles. The molecule has 3 N–H and O–H groups in total. The van der Waals surface area contributed by atoms with Crippen LogP contribution in [0.25, 0.3) is 0 Å². The van der Waals surface area contributed by atoms with Gasteiger partial charge in [-0.2, -0.15) is 0 Å². The second kappa shape index (κ2) is 8.47. The quantitative estimate of drug-likeness (QED) is 0.783. The van der Waals surface area contributed by atoms with Crippen LogP contribution in [0.3, 0.4) is 0 Å². The van der Waals surface area contributed by atoms with Gasteiger partial charge in [-0.05, 0) is 44.4 Å². The standard InChI is InChI=1S/C14H27N3O3S.ClH/c1-11-4-6-13(7-5-11)16-21(19,20)10-14(18)17-8-2-3-12(15)9-17;/h11-13,16H,2-10,15H2,1H3;1H.